The van der Waals surface area contributed by atoms with Crippen LogP contribution >= 0.6 is 0 Å². The SMILES string of the molecule is NCC(=O)NCC(=O)N1CC(O)CC1C(=O)NCC(=O)Oc1ccc([N+](=O)[O-])cc1. The molecule has 1 aromatic carbocycles. The van der Waals surface area contributed by atoms with Crippen molar-refractivity contribution in [1.82, 2.24) is 15.5 Å². The van der Waals surface area contributed by atoms with E-state index < -0.39 is 47.3 Å². The summed E-state index contributed by atoms with van der Waals surface area (Å²) in [4.78, 5) is 58.8. The minimum atomic E-state index is -1.02. The van der Waals surface area contributed by atoms with Gasteiger partial charge < -0.3 is 31.1 Å². The van der Waals surface area contributed by atoms with Gasteiger partial charge in [-0.15, -0.1) is 0 Å². The summed E-state index contributed by atoms with van der Waals surface area (Å²) in [5.74, 6) is -2.57. The summed E-state index contributed by atoms with van der Waals surface area (Å²) in [6.45, 7) is -1.29. The molecule has 1 fully saturated rings. The second-order valence-corrected chi connectivity index (χ2v) is 6.38. The Morgan fingerprint density at radius 1 is 1.20 bits per heavy atom. The summed E-state index contributed by atoms with van der Waals surface area (Å²) in [5.41, 5.74) is 4.97. The molecule has 2 unspecified atom stereocenters. The van der Waals surface area contributed by atoms with Gasteiger partial charge in [0.15, 0.2) is 0 Å². The molecular weight excluding hydrogens is 402 g/mol. The molecule has 0 radical (unpaired) electrons. The van der Waals surface area contributed by atoms with Crippen molar-refractivity contribution < 1.29 is 33.9 Å². The molecule has 1 heterocycles. The summed E-state index contributed by atoms with van der Waals surface area (Å²) in [5, 5.41) is 25.0. The van der Waals surface area contributed by atoms with E-state index in [2.05, 4.69) is 10.6 Å². The lowest BCUT2D eigenvalue weighted by molar-refractivity contribution is -0.384. The number of ether oxygens (including phenoxy) is 1. The number of hydrogen-bond donors (Lipinski definition) is 4. The van der Waals surface area contributed by atoms with Crippen LogP contribution in [0, 0.1) is 10.1 Å². The van der Waals surface area contributed by atoms with Gasteiger partial charge in [0.25, 0.3) is 5.69 Å². The van der Waals surface area contributed by atoms with E-state index in [1.54, 1.807) is 0 Å². The highest BCUT2D eigenvalue weighted by Crippen LogP contribution is 2.19. The van der Waals surface area contributed by atoms with Gasteiger partial charge >= 0.3 is 5.97 Å². The van der Waals surface area contributed by atoms with E-state index >= 15 is 0 Å². The first-order valence-electron chi connectivity index (χ1n) is 8.88. The fourth-order valence-corrected chi connectivity index (χ4v) is 2.77. The summed E-state index contributed by atoms with van der Waals surface area (Å²) >= 11 is 0. The Hall–Kier alpha value is -3.58. The minimum Gasteiger partial charge on any atom is -0.425 e. The maximum Gasteiger partial charge on any atom is 0.330 e. The molecule has 2 rings (SSSR count). The lowest BCUT2D eigenvalue weighted by Gasteiger charge is -2.23. The highest BCUT2D eigenvalue weighted by Gasteiger charge is 2.38. The molecule has 30 heavy (non-hydrogen) atoms. The number of hydrogen-bond acceptors (Lipinski definition) is 9. The van der Waals surface area contributed by atoms with Crippen molar-refractivity contribution >= 4 is 29.4 Å². The Labute approximate surface area is 170 Å². The second-order valence-electron chi connectivity index (χ2n) is 6.38. The van der Waals surface area contributed by atoms with Crippen LogP contribution in [0.4, 0.5) is 5.69 Å². The zero-order chi connectivity index (χ0) is 22.3. The third kappa shape index (κ3) is 6.22. The zero-order valence-electron chi connectivity index (χ0n) is 15.8. The molecule has 0 saturated carbocycles. The predicted octanol–water partition coefficient (Wildman–Crippen LogP) is -2.35. The van der Waals surface area contributed by atoms with Gasteiger partial charge in [0.2, 0.25) is 17.7 Å². The predicted molar refractivity (Wildman–Crippen MR) is 99.9 cm³/mol. The number of rotatable bonds is 8. The number of non-ortho nitro benzene ring substituents is 1. The molecule has 3 amide bonds. The van der Waals surface area contributed by atoms with Crippen LogP contribution < -0.4 is 21.1 Å². The molecule has 162 valence electrons. The molecule has 1 saturated heterocycles. The molecule has 5 N–H and O–H groups in total. The van der Waals surface area contributed by atoms with E-state index in [0.29, 0.717) is 0 Å². The molecule has 13 heteroatoms. The maximum absolute atomic E-state index is 12.4. The number of carbonyl (C=O) groups is 4. The first-order chi connectivity index (χ1) is 14.2. The topological polar surface area (TPSA) is 194 Å². The molecule has 2 atom stereocenters. The number of nitro benzene ring substituents is 1. The van der Waals surface area contributed by atoms with Crippen LogP contribution in [-0.2, 0) is 19.2 Å². The molecule has 1 aliphatic heterocycles. The molecule has 0 aliphatic carbocycles. The summed E-state index contributed by atoms with van der Waals surface area (Å²) in [6, 6.07) is 3.78. The van der Waals surface area contributed by atoms with Gasteiger partial charge in [0.05, 0.1) is 24.1 Å². The van der Waals surface area contributed by atoms with Crippen LogP contribution in [0.2, 0.25) is 0 Å². The van der Waals surface area contributed by atoms with Crippen LogP contribution in [0.25, 0.3) is 0 Å². The van der Waals surface area contributed by atoms with Crippen molar-refractivity contribution in [2.24, 2.45) is 5.73 Å². The van der Waals surface area contributed by atoms with Gasteiger partial charge in [-0.1, -0.05) is 0 Å². The van der Waals surface area contributed by atoms with Crippen molar-refractivity contribution in [2.45, 2.75) is 18.6 Å². The number of nitrogens with one attached hydrogen (secondary N) is 2. The van der Waals surface area contributed by atoms with Crippen molar-refractivity contribution in [3.63, 3.8) is 0 Å². The Morgan fingerprint density at radius 3 is 2.47 bits per heavy atom. The number of aliphatic hydroxyl groups is 1. The fourth-order valence-electron chi connectivity index (χ4n) is 2.77. The van der Waals surface area contributed by atoms with Gasteiger partial charge in [-0.3, -0.25) is 24.5 Å². The Bertz CT molecular complexity index is 828. The number of nitro groups is 1. The average Bonchev–Trinajstić information content (AvgIpc) is 3.12. The minimum absolute atomic E-state index is 0.0280. The maximum atomic E-state index is 12.4. The quantitative estimate of drug-likeness (QED) is 0.153. The molecule has 0 spiro atoms. The van der Waals surface area contributed by atoms with Crippen molar-refractivity contribution in [3.05, 3.63) is 34.4 Å². The number of benzene rings is 1. The Balaban J connectivity index is 1.87. The van der Waals surface area contributed by atoms with Crippen LogP contribution in [0.5, 0.6) is 5.75 Å². The third-order valence-electron chi connectivity index (χ3n) is 4.21. The van der Waals surface area contributed by atoms with Gasteiger partial charge in [-0.2, -0.15) is 0 Å². The van der Waals surface area contributed by atoms with Gasteiger partial charge in [-0.05, 0) is 12.1 Å². The van der Waals surface area contributed by atoms with Gasteiger partial charge in [0.1, 0.15) is 18.3 Å². The summed E-state index contributed by atoms with van der Waals surface area (Å²) in [6.07, 6.45) is -0.957. The lowest BCUT2D eigenvalue weighted by atomic mass is 10.2. The molecule has 1 aromatic rings. The number of nitrogens with zero attached hydrogens (tertiary/aromatic N) is 2. The number of β-amino-alcohol motifs (C(OH)–C–C–N with tert-alkyl or cyclic N) is 1. The monoisotopic (exact) mass is 423 g/mol. The molecule has 0 aromatic heterocycles. The van der Waals surface area contributed by atoms with Gasteiger partial charge in [0, 0.05) is 25.1 Å². The smallest absolute Gasteiger partial charge is 0.330 e. The first-order valence-corrected chi connectivity index (χ1v) is 8.88. The molecule has 13 nitrogen and oxygen atoms in total. The van der Waals surface area contributed by atoms with E-state index in [1.807, 2.05) is 0 Å². The number of carbonyl (C=O) groups excluding carboxylic acids is 4. The highest BCUT2D eigenvalue weighted by atomic mass is 16.6. The van der Waals surface area contributed by atoms with Crippen molar-refractivity contribution in [1.29, 1.82) is 0 Å². The van der Waals surface area contributed by atoms with Crippen molar-refractivity contribution in [3.8, 4) is 5.75 Å². The highest BCUT2D eigenvalue weighted by molar-refractivity contribution is 5.92. The second kappa shape index (κ2) is 10.3. The number of amides is 3. The average molecular weight is 423 g/mol. The van der Waals surface area contributed by atoms with E-state index in [9.17, 15) is 34.4 Å². The number of esters is 1. The number of aliphatic hydroxyl groups excluding tert-OH is 1. The molecular formula is C17H21N5O8. The third-order valence-corrected chi connectivity index (χ3v) is 4.21. The van der Waals surface area contributed by atoms with E-state index in [-0.39, 0.29) is 37.5 Å². The Kier molecular flexibility index (Phi) is 7.77. The summed E-state index contributed by atoms with van der Waals surface area (Å²) < 4.78 is 4.97. The normalized spacial score (nSPS) is 17.9. The Morgan fingerprint density at radius 2 is 1.87 bits per heavy atom. The van der Waals surface area contributed by atoms with Gasteiger partial charge in [-0.25, -0.2) is 4.79 Å². The lowest BCUT2D eigenvalue weighted by Crippen LogP contribution is -2.50. The standard InChI is InChI=1S/C17H21N5O8/c18-6-14(24)19-7-15(25)21-9-11(23)5-13(21)17(27)20-8-16(26)30-12-3-1-10(2-4-12)22(28)29/h1-4,11,13,23H,5-9,18H2,(H,19,24)(H,20,27). The van der Waals surface area contributed by atoms with E-state index in [0.717, 1.165) is 17.0 Å². The van der Waals surface area contributed by atoms with Crippen LogP contribution in [0.1, 0.15) is 6.42 Å². The zero-order valence-corrected chi connectivity index (χ0v) is 15.8. The van der Waals surface area contributed by atoms with Crippen molar-refractivity contribution in [2.75, 3.05) is 26.2 Å². The number of likely N-dealkylation sites (tertiary alicyclic amines) is 1. The van der Waals surface area contributed by atoms with Crippen LogP contribution in [0.15, 0.2) is 24.3 Å². The molecule has 1 aliphatic rings. The molecule has 0 bridgehead atoms. The fraction of sp³-hybridized carbons (Fsp3) is 0.412. The van der Waals surface area contributed by atoms with E-state index in [1.165, 1.54) is 12.1 Å². The largest absolute Gasteiger partial charge is 0.425 e. The van der Waals surface area contributed by atoms with Crippen LogP contribution in [0.3, 0.4) is 0 Å². The van der Waals surface area contributed by atoms with Crippen LogP contribution in [-0.4, -0.2) is 76.9 Å². The van der Waals surface area contributed by atoms with E-state index in [4.69, 9.17) is 10.5 Å². The first kappa shape index (κ1) is 22.7. The number of nitrogens with two attached hydrogens (primary N) is 1. The summed E-state index contributed by atoms with van der Waals surface area (Å²) in [7, 11) is 0.